The van der Waals surface area contributed by atoms with Crippen LogP contribution < -0.4 is 0 Å². The number of nitrogens with zero attached hydrogens (tertiary/aromatic N) is 5. The largest absolute Gasteiger partial charge is 0.228 e. The SMILES string of the molecule is CC1(C)c2ccccc2-c2ccc(-c3nc(-c4ccc5ccc6ccc7nn(-c8ccccc8)nc7c6c5c4)nc4ccccc34)cc21. The summed E-state index contributed by atoms with van der Waals surface area (Å²) in [6.07, 6.45) is 0. The summed E-state index contributed by atoms with van der Waals surface area (Å²) in [4.78, 5) is 12.2. The highest BCUT2D eigenvalue weighted by atomic mass is 15.5. The first-order valence-corrected chi connectivity index (χ1v) is 16.3. The lowest BCUT2D eigenvalue weighted by Gasteiger charge is -2.22. The van der Waals surface area contributed by atoms with Crippen LogP contribution in [0.3, 0.4) is 0 Å². The second-order valence-corrected chi connectivity index (χ2v) is 13.2. The maximum absolute atomic E-state index is 5.31. The van der Waals surface area contributed by atoms with Gasteiger partial charge in [0.25, 0.3) is 0 Å². The Kier molecular flexibility index (Phi) is 5.56. The first kappa shape index (κ1) is 27.0. The summed E-state index contributed by atoms with van der Waals surface area (Å²) in [6.45, 7) is 4.64. The van der Waals surface area contributed by atoms with Crippen molar-refractivity contribution in [3.8, 4) is 39.5 Å². The number of aromatic nitrogens is 5. The molecule has 0 saturated carbocycles. The highest BCUT2D eigenvalue weighted by Crippen LogP contribution is 2.49. The summed E-state index contributed by atoms with van der Waals surface area (Å²) in [7, 11) is 0. The lowest BCUT2D eigenvalue weighted by molar-refractivity contribution is 0.660. The summed E-state index contributed by atoms with van der Waals surface area (Å²) in [5, 5.41) is 15.3. The molecule has 226 valence electrons. The van der Waals surface area contributed by atoms with Crippen LogP contribution in [0.25, 0.3) is 82.9 Å². The van der Waals surface area contributed by atoms with Crippen molar-refractivity contribution in [1.29, 1.82) is 0 Å². The molecule has 10 rings (SSSR count). The van der Waals surface area contributed by atoms with Crippen LogP contribution in [-0.4, -0.2) is 25.0 Å². The number of benzene rings is 7. The van der Waals surface area contributed by atoms with Crippen molar-refractivity contribution in [1.82, 2.24) is 25.0 Å². The molecule has 0 unspecified atom stereocenters. The van der Waals surface area contributed by atoms with Gasteiger partial charge in [0.2, 0.25) is 0 Å². The molecule has 0 fully saturated rings. The van der Waals surface area contributed by atoms with E-state index < -0.39 is 0 Å². The Bertz CT molecular complexity index is 2760. The number of hydrogen-bond donors (Lipinski definition) is 0. The number of para-hydroxylation sites is 2. The van der Waals surface area contributed by atoms with Crippen molar-refractivity contribution < 1.29 is 0 Å². The van der Waals surface area contributed by atoms with Crippen LogP contribution >= 0.6 is 0 Å². The Labute approximate surface area is 277 Å². The van der Waals surface area contributed by atoms with E-state index in [2.05, 4.69) is 117 Å². The Balaban J connectivity index is 1.17. The molecule has 1 aliphatic carbocycles. The fourth-order valence-electron chi connectivity index (χ4n) is 7.61. The molecule has 9 aromatic rings. The normalized spacial score (nSPS) is 13.4. The van der Waals surface area contributed by atoms with Gasteiger partial charge >= 0.3 is 0 Å². The molecule has 5 heteroatoms. The van der Waals surface area contributed by atoms with E-state index in [0.717, 1.165) is 66.0 Å². The molecular weight excluding hydrogens is 587 g/mol. The molecule has 0 spiro atoms. The maximum atomic E-state index is 5.31. The third kappa shape index (κ3) is 3.91. The van der Waals surface area contributed by atoms with E-state index in [-0.39, 0.29) is 5.41 Å². The Morgan fingerprint density at radius 1 is 0.521 bits per heavy atom. The fourth-order valence-corrected chi connectivity index (χ4v) is 7.61. The van der Waals surface area contributed by atoms with E-state index in [4.69, 9.17) is 20.2 Å². The van der Waals surface area contributed by atoms with Crippen molar-refractivity contribution in [3.63, 3.8) is 0 Å². The van der Waals surface area contributed by atoms with Gasteiger partial charge in [0.05, 0.1) is 16.9 Å². The van der Waals surface area contributed by atoms with Crippen LogP contribution in [0.15, 0.2) is 140 Å². The Morgan fingerprint density at radius 2 is 1.25 bits per heavy atom. The predicted octanol–water partition coefficient (Wildman–Crippen LogP) is 10.3. The highest BCUT2D eigenvalue weighted by Gasteiger charge is 2.35. The highest BCUT2D eigenvalue weighted by molar-refractivity contribution is 6.18. The zero-order valence-electron chi connectivity index (χ0n) is 26.5. The number of fused-ring (bicyclic) bond motifs is 9. The third-order valence-corrected chi connectivity index (χ3v) is 10.1. The molecule has 0 bridgehead atoms. The van der Waals surface area contributed by atoms with Crippen LogP contribution in [-0.2, 0) is 5.41 Å². The van der Waals surface area contributed by atoms with Gasteiger partial charge < -0.3 is 0 Å². The van der Waals surface area contributed by atoms with Crippen molar-refractivity contribution in [3.05, 3.63) is 151 Å². The minimum atomic E-state index is -0.0965. The van der Waals surface area contributed by atoms with Gasteiger partial charge in [0.1, 0.15) is 11.0 Å². The lowest BCUT2D eigenvalue weighted by Crippen LogP contribution is -2.14. The minimum absolute atomic E-state index is 0.0965. The van der Waals surface area contributed by atoms with Gasteiger partial charge in [-0.25, -0.2) is 9.97 Å². The molecule has 2 aromatic heterocycles. The van der Waals surface area contributed by atoms with Crippen LogP contribution in [0.1, 0.15) is 25.0 Å². The molecule has 0 atom stereocenters. The van der Waals surface area contributed by atoms with Crippen molar-refractivity contribution >= 4 is 43.5 Å². The second kappa shape index (κ2) is 9.90. The van der Waals surface area contributed by atoms with Gasteiger partial charge in [-0.3, -0.25) is 0 Å². The van der Waals surface area contributed by atoms with Crippen molar-refractivity contribution in [2.24, 2.45) is 0 Å². The topological polar surface area (TPSA) is 56.5 Å². The van der Waals surface area contributed by atoms with Gasteiger partial charge in [0, 0.05) is 27.3 Å². The molecule has 48 heavy (non-hydrogen) atoms. The maximum Gasteiger partial charge on any atom is 0.160 e. The molecule has 0 amide bonds. The standard InChI is InChI=1S/C43H29N5/c1-43(2)35-14-8-6-12-31(35)32-22-20-28(25-36(32)43)40-33-13-7-9-15-37(33)44-42(45-40)29-19-17-26-16-18-27-21-23-38-41(39(27)34(26)24-29)47-48(46-38)30-10-4-3-5-11-30/h3-25H,1-2H3. The van der Waals surface area contributed by atoms with E-state index >= 15 is 0 Å². The zero-order valence-corrected chi connectivity index (χ0v) is 26.5. The molecule has 1 aliphatic rings. The van der Waals surface area contributed by atoms with E-state index in [1.54, 1.807) is 4.80 Å². The predicted molar refractivity (Wildman–Crippen MR) is 195 cm³/mol. The van der Waals surface area contributed by atoms with Gasteiger partial charge in [-0.2, -0.15) is 4.80 Å². The van der Waals surface area contributed by atoms with Crippen LogP contribution in [0, 0.1) is 0 Å². The number of hydrogen-bond acceptors (Lipinski definition) is 4. The molecule has 0 aliphatic heterocycles. The van der Waals surface area contributed by atoms with E-state index in [1.165, 1.54) is 22.3 Å². The van der Waals surface area contributed by atoms with E-state index in [1.807, 2.05) is 36.4 Å². The van der Waals surface area contributed by atoms with Gasteiger partial charge in [-0.15, -0.1) is 10.2 Å². The Morgan fingerprint density at radius 3 is 2.17 bits per heavy atom. The summed E-state index contributed by atoms with van der Waals surface area (Å²) in [6, 6.07) is 49.0. The zero-order chi connectivity index (χ0) is 32.0. The molecule has 5 nitrogen and oxygen atoms in total. The lowest BCUT2D eigenvalue weighted by atomic mass is 9.82. The van der Waals surface area contributed by atoms with Gasteiger partial charge in [0.15, 0.2) is 5.82 Å². The number of rotatable bonds is 3. The molecule has 7 aromatic carbocycles. The van der Waals surface area contributed by atoms with Crippen LogP contribution in [0.4, 0.5) is 0 Å². The summed E-state index contributed by atoms with van der Waals surface area (Å²) < 4.78 is 0. The average molecular weight is 616 g/mol. The smallest absolute Gasteiger partial charge is 0.160 e. The molecule has 0 radical (unpaired) electrons. The molecule has 0 N–H and O–H groups in total. The molecule has 0 saturated heterocycles. The third-order valence-electron chi connectivity index (χ3n) is 10.1. The molecule has 2 heterocycles. The first-order chi connectivity index (χ1) is 23.5. The van der Waals surface area contributed by atoms with Gasteiger partial charge in [-0.1, -0.05) is 117 Å². The van der Waals surface area contributed by atoms with E-state index in [0.29, 0.717) is 5.82 Å². The summed E-state index contributed by atoms with van der Waals surface area (Å²) >= 11 is 0. The van der Waals surface area contributed by atoms with Crippen molar-refractivity contribution in [2.75, 3.05) is 0 Å². The Hall–Kier alpha value is -6.20. The minimum Gasteiger partial charge on any atom is -0.228 e. The van der Waals surface area contributed by atoms with Crippen LogP contribution in [0.2, 0.25) is 0 Å². The van der Waals surface area contributed by atoms with Crippen molar-refractivity contribution in [2.45, 2.75) is 19.3 Å². The molecular formula is C43H29N5. The fraction of sp³-hybridized carbons (Fsp3) is 0.0698. The second-order valence-electron chi connectivity index (χ2n) is 13.2. The van der Waals surface area contributed by atoms with Crippen LogP contribution in [0.5, 0.6) is 0 Å². The summed E-state index contributed by atoms with van der Waals surface area (Å²) in [5.74, 6) is 0.700. The van der Waals surface area contributed by atoms with E-state index in [9.17, 15) is 0 Å². The average Bonchev–Trinajstić information content (AvgIpc) is 3.68. The first-order valence-electron chi connectivity index (χ1n) is 16.3. The monoisotopic (exact) mass is 615 g/mol. The van der Waals surface area contributed by atoms with Gasteiger partial charge in [-0.05, 0) is 74.8 Å². The summed E-state index contributed by atoms with van der Waals surface area (Å²) in [5.41, 5.74) is 11.8. The quantitative estimate of drug-likeness (QED) is 0.186.